The lowest BCUT2D eigenvalue weighted by atomic mass is 9.90. The van der Waals surface area contributed by atoms with Gasteiger partial charge < -0.3 is 15.3 Å². The molecule has 2 fully saturated rings. The van der Waals surface area contributed by atoms with Crippen LogP contribution in [-0.2, 0) is 0 Å². The number of nitriles is 1. The van der Waals surface area contributed by atoms with E-state index < -0.39 is 18.2 Å². The van der Waals surface area contributed by atoms with Gasteiger partial charge in [-0.2, -0.15) is 18.4 Å². The second-order valence-corrected chi connectivity index (χ2v) is 10.5. The quantitative estimate of drug-likeness (QED) is 0.568. The Morgan fingerprint density at radius 2 is 1.83 bits per heavy atom. The molecule has 1 aromatic carbocycles. The monoisotopic (exact) mass is 505 g/mol. The molecule has 2 aliphatic rings. The van der Waals surface area contributed by atoms with Crippen LogP contribution in [0.3, 0.4) is 0 Å². The topological polar surface area (TPSA) is 92.5 Å². The van der Waals surface area contributed by atoms with Crippen molar-refractivity contribution >= 4 is 22.7 Å². The van der Waals surface area contributed by atoms with Crippen molar-refractivity contribution < 1.29 is 23.1 Å². The summed E-state index contributed by atoms with van der Waals surface area (Å²) in [7, 11) is 0. The van der Waals surface area contributed by atoms with Gasteiger partial charge in [-0.15, -0.1) is 0 Å². The number of hydrogen-bond acceptors (Lipinski definition) is 5. The summed E-state index contributed by atoms with van der Waals surface area (Å²) in [5.41, 5.74) is 1.40. The van der Waals surface area contributed by atoms with Crippen LogP contribution < -0.4 is 10.2 Å². The van der Waals surface area contributed by atoms with Gasteiger partial charge in [-0.3, -0.25) is 9.88 Å². The largest absolute Gasteiger partial charge is 0.465 e. The Morgan fingerprint density at radius 3 is 2.39 bits per heavy atom. The van der Waals surface area contributed by atoms with Gasteiger partial charge >= 0.3 is 12.3 Å². The molecule has 2 N–H and O–H groups in total. The fourth-order valence-corrected chi connectivity index (χ4v) is 4.90. The molecule has 7 nitrogen and oxygen atoms in total. The number of pyridine rings is 1. The summed E-state index contributed by atoms with van der Waals surface area (Å²) in [6.45, 7) is 7.65. The molecule has 2 aromatic rings. The molecular formula is C26H34F3N5O2. The van der Waals surface area contributed by atoms with Crippen LogP contribution in [-0.4, -0.2) is 65.0 Å². The average molecular weight is 506 g/mol. The normalized spacial score (nSPS) is 21.3. The predicted octanol–water partition coefficient (Wildman–Crippen LogP) is 5.40. The Balaban J connectivity index is 0.000000392. The third kappa shape index (κ3) is 7.23. The number of nitrogens with one attached hydrogen (secondary N) is 1. The number of hydrogen-bond donors (Lipinski definition) is 2. The number of aromatic nitrogens is 1. The first kappa shape index (κ1) is 27.5. The molecule has 196 valence electrons. The Bertz CT molecular complexity index is 1090. The highest BCUT2D eigenvalue weighted by Crippen LogP contribution is 2.38. The molecule has 0 bridgehead atoms. The first-order valence-electron chi connectivity index (χ1n) is 12.2. The van der Waals surface area contributed by atoms with Crippen molar-refractivity contribution in [3.8, 4) is 6.07 Å². The molecule has 0 aliphatic carbocycles. The number of carbonyl (C=O) groups is 1. The molecular weight excluding hydrogens is 471 g/mol. The van der Waals surface area contributed by atoms with Crippen molar-refractivity contribution in [2.45, 2.75) is 64.2 Å². The minimum atomic E-state index is -4.21. The smallest absolute Gasteiger partial charge is 0.405 e. The summed E-state index contributed by atoms with van der Waals surface area (Å²) in [5.74, 6) is -1.35. The van der Waals surface area contributed by atoms with Gasteiger partial charge in [-0.25, -0.2) is 4.79 Å². The van der Waals surface area contributed by atoms with Crippen LogP contribution in [0.5, 0.6) is 0 Å². The first-order valence-corrected chi connectivity index (χ1v) is 12.2. The standard InChI is InChI=1S/C21H23F3N4.C5H11NO2/c22-21(23,24)16-11-17(27-9-2-1-3-10-27)14-28(13-16)19-7-6-15(12-25)20-18(19)5-4-8-26-20;1-5(2,3)6-4(7)8/h4-8,16-17H,1-3,9-11,13-14H2;6H,1-3H3,(H,7,8). The maximum atomic E-state index is 13.7. The van der Waals surface area contributed by atoms with Crippen molar-refractivity contribution in [1.82, 2.24) is 15.2 Å². The molecule has 0 saturated carbocycles. The van der Waals surface area contributed by atoms with Crippen LogP contribution in [0.2, 0.25) is 0 Å². The highest BCUT2D eigenvalue weighted by Gasteiger charge is 2.46. The number of likely N-dealkylation sites (tertiary alicyclic amines) is 1. The number of piperidine rings is 2. The molecule has 4 rings (SSSR count). The molecule has 0 radical (unpaired) electrons. The van der Waals surface area contributed by atoms with Crippen LogP contribution in [0.15, 0.2) is 30.5 Å². The van der Waals surface area contributed by atoms with Gasteiger partial charge in [0.15, 0.2) is 0 Å². The summed E-state index contributed by atoms with van der Waals surface area (Å²) in [5, 5.41) is 20.5. The molecule has 1 amide bonds. The van der Waals surface area contributed by atoms with Crippen LogP contribution in [0.4, 0.5) is 23.7 Å². The van der Waals surface area contributed by atoms with E-state index in [0.717, 1.165) is 43.4 Å². The first-order chi connectivity index (χ1) is 16.9. The van der Waals surface area contributed by atoms with Crippen LogP contribution >= 0.6 is 0 Å². The molecule has 1 aromatic heterocycles. The van der Waals surface area contributed by atoms with Crippen LogP contribution in [0.1, 0.15) is 52.0 Å². The third-order valence-corrected chi connectivity index (χ3v) is 6.49. The Labute approximate surface area is 209 Å². The molecule has 2 unspecified atom stereocenters. The van der Waals surface area contributed by atoms with Crippen molar-refractivity contribution in [3.05, 3.63) is 36.0 Å². The summed E-state index contributed by atoms with van der Waals surface area (Å²) < 4.78 is 41.1. The summed E-state index contributed by atoms with van der Waals surface area (Å²) >= 11 is 0. The van der Waals surface area contributed by atoms with Crippen molar-refractivity contribution in [2.75, 3.05) is 31.1 Å². The lowest BCUT2D eigenvalue weighted by Crippen LogP contribution is -2.55. The zero-order valence-corrected chi connectivity index (χ0v) is 21.0. The molecule has 0 spiro atoms. The number of amides is 1. The Kier molecular flexibility index (Phi) is 8.67. The second kappa shape index (κ2) is 11.3. The summed E-state index contributed by atoms with van der Waals surface area (Å²) in [4.78, 5) is 18.3. The van der Waals surface area contributed by atoms with E-state index >= 15 is 0 Å². The summed E-state index contributed by atoms with van der Waals surface area (Å²) in [6, 6.07) is 9.06. The second-order valence-electron chi connectivity index (χ2n) is 10.5. The van der Waals surface area contributed by atoms with Crippen molar-refractivity contribution in [3.63, 3.8) is 0 Å². The van der Waals surface area contributed by atoms with E-state index in [1.165, 1.54) is 0 Å². The van der Waals surface area contributed by atoms with Gasteiger partial charge in [0, 0.05) is 41.9 Å². The fourth-order valence-electron chi connectivity index (χ4n) is 4.90. The Hall–Kier alpha value is -3.06. The van der Waals surface area contributed by atoms with E-state index in [4.69, 9.17) is 5.11 Å². The number of benzene rings is 1. The lowest BCUT2D eigenvalue weighted by molar-refractivity contribution is -0.180. The van der Waals surface area contributed by atoms with Crippen molar-refractivity contribution in [2.24, 2.45) is 5.92 Å². The lowest BCUT2D eigenvalue weighted by Gasteiger charge is -2.45. The van der Waals surface area contributed by atoms with Gasteiger partial charge in [0.2, 0.25) is 0 Å². The molecule has 2 saturated heterocycles. The van der Waals surface area contributed by atoms with E-state index in [1.54, 1.807) is 45.2 Å². The van der Waals surface area contributed by atoms with Gasteiger partial charge in [0.1, 0.15) is 6.07 Å². The minimum absolute atomic E-state index is 0.0519. The predicted molar refractivity (Wildman–Crippen MR) is 133 cm³/mol. The van der Waals surface area contributed by atoms with Crippen LogP contribution in [0, 0.1) is 17.2 Å². The summed E-state index contributed by atoms with van der Waals surface area (Å²) in [6.07, 6.45) is -0.162. The number of carboxylic acid groups (broad SMARTS) is 1. The number of alkyl halides is 3. The molecule has 3 heterocycles. The zero-order valence-electron chi connectivity index (χ0n) is 21.0. The zero-order chi connectivity index (χ0) is 26.5. The van der Waals surface area contributed by atoms with Crippen molar-refractivity contribution in [1.29, 1.82) is 5.26 Å². The maximum Gasteiger partial charge on any atom is 0.405 e. The number of rotatable bonds is 2. The van der Waals surface area contributed by atoms with Gasteiger partial charge in [0.25, 0.3) is 0 Å². The SMILES string of the molecule is CC(C)(C)NC(=O)O.N#Cc1ccc(N2CC(N3CCCCC3)CC(C(F)(F)F)C2)c2cccnc12. The number of fused-ring (bicyclic) bond motifs is 1. The number of halogens is 3. The minimum Gasteiger partial charge on any atom is -0.465 e. The van der Waals surface area contributed by atoms with Crippen LogP contribution in [0.25, 0.3) is 10.9 Å². The van der Waals surface area contributed by atoms with E-state index in [1.807, 2.05) is 11.0 Å². The number of nitrogens with zero attached hydrogens (tertiary/aromatic N) is 4. The van der Waals surface area contributed by atoms with Gasteiger partial charge in [-0.1, -0.05) is 6.42 Å². The number of anilines is 1. The molecule has 2 aliphatic heterocycles. The van der Waals surface area contributed by atoms with E-state index in [9.17, 15) is 23.2 Å². The average Bonchev–Trinajstić information content (AvgIpc) is 2.82. The Morgan fingerprint density at radius 1 is 1.14 bits per heavy atom. The molecule has 2 atom stereocenters. The van der Waals surface area contributed by atoms with E-state index in [2.05, 4.69) is 21.3 Å². The van der Waals surface area contributed by atoms with Gasteiger partial charge in [-0.05, 0) is 77.4 Å². The third-order valence-electron chi connectivity index (χ3n) is 6.49. The van der Waals surface area contributed by atoms with Gasteiger partial charge in [0.05, 0.1) is 17.0 Å². The highest BCUT2D eigenvalue weighted by atomic mass is 19.4. The molecule has 36 heavy (non-hydrogen) atoms. The maximum absolute atomic E-state index is 13.7. The fraction of sp³-hybridized carbons (Fsp3) is 0.577. The van der Waals surface area contributed by atoms with E-state index in [0.29, 0.717) is 17.6 Å². The highest BCUT2D eigenvalue weighted by molar-refractivity contribution is 5.95. The molecule has 10 heteroatoms. The van der Waals surface area contributed by atoms with E-state index in [-0.39, 0.29) is 24.5 Å².